The molecular weight excluding hydrogens is 197 g/mol. The van der Waals surface area contributed by atoms with Gasteiger partial charge in [-0.1, -0.05) is 0 Å². The first-order valence-electron chi connectivity index (χ1n) is 3.10. The molecule has 1 rings (SSSR count). The molecule has 1 heterocycles. The van der Waals surface area contributed by atoms with Gasteiger partial charge in [-0.05, 0) is 0 Å². The zero-order chi connectivity index (χ0) is 6.53. The Bertz CT molecular complexity index is 115. The van der Waals surface area contributed by atoms with E-state index in [9.17, 15) is 0 Å². The van der Waals surface area contributed by atoms with Crippen LogP contribution in [0.4, 0.5) is 0 Å². The van der Waals surface area contributed by atoms with Gasteiger partial charge in [0.15, 0.2) is 0 Å². The van der Waals surface area contributed by atoms with Crippen LogP contribution >= 0.6 is 11.8 Å². The number of thioether (sulfide) groups is 1. The van der Waals surface area contributed by atoms with Crippen LogP contribution in [0.25, 0.3) is 0 Å². The predicted octanol–water partition coefficient (Wildman–Crippen LogP) is 1.83. The van der Waals surface area contributed by atoms with E-state index in [0.29, 0.717) is 0 Å². The Labute approximate surface area is 66.4 Å². The van der Waals surface area contributed by atoms with Crippen LogP contribution < -0.4 is 0 Å². The van der Waals surface area contributed by atoms with Crippen LogP contribution in [-0.4, -0.2) is 19.1 Å². The molecule has 0 spiro atoms. The summed E-state index contributed by atoms with van der Waals surface area (Å²) in [6.07, 6.45) is 4.04. The van der Waals surface area contributed by atoms with E-state index in [1.54, 1.807) is 0 Å². The Balaban J connectivity index is 2.17. The van der Waals surface area contributed by atoms with Gasteiger partial charge in [0.05, 0.1) is 0 Å². The number of nitrogens with zero attached hydrogens (tertiary/aromatic N) is 1. The molecule has 1 aliphatic rings. The van der Waals surface area contributed by atoms with Crippen molar-refractivity contribution in [1.29, 1.82) is 5.26 Å². The van der Waals surface area contributed by atoms with Crippen molar-refractivity contribution in [3.8, 4) is 5.40 Å². The third-order valence-electron chi connectivity index (χ3n) is 1.32. The molecule has 3 heteroatoms. The quantitative estimate of drug-likeness (QED) is 0.482. The molecule has 0 saturated carbocycles. The topological polar surface area (TPSA) is 23.8 Å². The monoisotopic (exact) mass is 207 g/mol. The summed E-state index contributed by atoms with van der Waals surface area (Å²) >= 11 is 2.25. The van der Waals surface area contributed by atoms with Gasteiger partial charge in [-0.2, -0.15) is 0 Å². The van der Waals surface area contributed by atoms with Crippen LogP contribution in [0.3, 0.4) is 0 Å². The van der Waals surface area contributed by atoms with E-state index in [1.807, 2.05) is 0 Å². The molecule has 0 aromatic carbocycles. The molecule has 1 aliphatic heterocycles. The van der Waals surface area contributed by atoms with Crippen molar-refractivity contribution in [2.24, 2.45) is 0 Å². The predicted molar refractivity (Wildman–Crippen MR) is 41.4 cm³/mol. The first-order chi connectivity index (χ1) is 4.43. The first kappa shape index (κ1) is 7.47. The van der Waals surface area contributed by atoms with E-state index in [2.05, 4.69) is 5.40 Å². The molecule has 1 fully saturated rings. The van der Waals surface area contributed by atoms with Crippen LogP contribution in [0.15, 0.2) is 0 Å². The average Bonchev–Trinajstić information content (AvgIpc) is 1.91. The van der Waals surface area contributed by atoms with Crippen molar-refractivity contribution in [2.75, 3.05) is 0 Å². The summed E-state index contributed by atoms with van der Waals surface area (Å²) in [5.41, 5.74) is 0. The maximum atomic E-state index is 8.34. The summed E-state index contributed by atoms with van der Waals surface area (Å²) in [5.74, 6) is 0. The fraction of sp³-hybridized carbons (Fsp3) is 0.833. The van der Waals surface area contributed by atoms with Crippen molar-refractivity contribution in [2.45, 2.75) is 28.7 Å². The van der Waals surface area contributed by atoms with Gasteiger partial charge in [0.2, 0.25) is 0 Å². The summed E-state index contributed by atoms with van der Waals surface area (Å²) < 4.78 is 0.719. The summed E-state index contributed by atoms with van der Waals surface area (Å²) in [6, 6.07) is 0. The first-order valence-corrected chi connectivity index (χ1v) is 6.18. The van der Waals surface area contributed by atoms with E-state index in [0.717, 1.165) is 19.1 Å². The van der Waals surface area contributed by atoms with E-state index in [4.69, 9.17) is 5.26 Å². The zero-order valence-corrected chi connectivity index (χ0v) is 7.70. The molecule has 1 atom stereocenters. The molecule has 0 aromatic rings. The molecule has 1 unspecified atom stereocenters. The van der Waals surface area contributed by atoms with Crippen LogP contribution in [0.5, 0.6) is 0 Å². The normalized spacial score (nSPS) is 27.2. The number of rotatable bonds is 1. The van der Waals surface area contributed by atoms with Gasteiger partial charge in [0.1, 0.15) is 0 Å². The van der Waals surface area contributed by atoms with Gasteiger partial charge in [-0.25, -0.2) is 0 Å². The molecule has 0 aliphatic carbocycles. The van der Waals surface area contributed by atoms with Crippen LogP contribution in [0.1, 0.15) is 19.3 Å². The van der Waals surface area contributed by atoms with Crippen LogP contribution in [0, 0.1) is 10.7 Å². The van der Waals surface area contributed by atoms with Crippen molar-refractivity contribution in [3.63, 3.8) is 0 Å². The summed E-state index contributed by atoms with van der Waals surface area (Å²) in [4.78, 5) is 0. The minimum atomic E-state index is 0.719. The van der Waals surface area contributed by atoms with Crippen LogP contribution in [-0.2, 0) is 0 Å². The summed E-state index contributed by atoms with van der Waals surface area (Å²) in [6.45, 7) is 0. The second-order valence-corrected chi connectivity index (χ2v) is 6.42. The molecule has 1 nitrogen and oxygen atoms in total. The number of hydrogen-bond donors (Lipinski definition) is 0. The average molecular weight is 206 g/mol. The summed E-state index contributed by atoms with van der Waals surface area (Å²) in [5, 5.41) is 11.9. The van der Waals surface area contributed by atoms with Gasteiger partial charge in [-0.15, -0.1) is 0 Å². The molecule has 0 aromatic heterocycles. The fourth-order valence-corrected chi connectivity index (χ4v) is 4.56. The molecule has 1 saturated heterocycles. The third-order valence-corrected chi connectivity index (χ3v) is 5.61. The second-order valence-electron chi connectivity index (χ2n) is 2.01. The standard InChI is InChI=1S/C6H9NSSe/c7-5-8-6-3-1-2-4-9-6/h6H,1-4H2. The SMILES string of the molecule is N#CSC1CCCC[Se]1. The van der Waals surface area contributed by atoms with Gasteiger partial charge in [0, 0.05) is 0 Å². The van der Waals surface area contributed by atoms with Crippen molar-refractivity contribution in [3.05, 3.63) is 0 Å². The molecule has 0 radical (unpaired) electrons. The van der Waals surface area contributed by atoms with E-state index >= 15 is 0 Å². The van der Waals surface area contributed by atoms with Gasteiger partial charge in [-0.3, -0.25) is 0 Å². The van der Waals surface area contributed by atoms with E-state index in [1.165, 1.54) is 36.3 Å². The molecule has 0 amide bonds. The molecule has 9 heavy (non-hydrogen) atoms. The summed E-state index contributed by atoms with van der Waals surface area (Å²) in [7, 11) is 0. The third kappa shape index (κ3) is 2.62. The Morgan fingerprint density at radius 3 is 3.00 bits per heavy atom. The van der Waals surface area contributed by atoms with Gasteiger partial charge < -0.3 is 0 Å². The molecular formula is C6H9NSSe. The molecule has 50 valence electrons. The Kier molecular flexibility index (Phi) is 3.50. The fourth-order valence-electron chi connectivity index (χ4n) is 0.863. The molecule has 0 bridgehead atoms. The van der Waals surface area contributed by atoms with Gasteiger partial charge in [0.25, 0.3) is 0 Å². The minimum absolute atomic E-state index is 0.719. The second kappa shape index (κ2) is 4.22. The van der Waals surface area contributed by atoms with Gasteiger partial charge >= 0.3 is 66.1 Å². The Morgan fingerprint density at radius 2 is 2.44 bits per heavy atom. The number of thiocyanates is 1. The Morgan fingerprint density at radius 1 is 1.56 bits per heavy atom. The van der Waals surface area contributed by atoms with E-state index in [-0.39, 0.29) is 0 Å². The Hall–Kier alpha value is 0.359. The van der Waals surface area contributed by atoms with Crippen molar-refractivity contribution in [1.82, 2.24) is 0 Å². The van der Waals surface area contributed by atoms with Crippen LogP contribution in [0.2, 0.25) is 5.32 Å². The van der Waals surface area contributed by atoms with Crippen molar-refractivity contribution >= 4 is 26.7 Å². The number of nitriles is 1. The van der Waals surface area contributed by atoms with E-state index < -0.39 is 0 Å². The van der Waals surface area contributed by atoms with Crippen molar-refractivity contribution < 1.29 is 0 Å². The zero-order valence-electron chi connectivity index (χ0n) is 5.17. The maximum absolute atomic E-state index is 8.34. The number of hydrogen-bond acceptors (Lipinski definition) is 2. The molecule has 0 N–H and O–H groups in total.